The van der Waals surface area contributed by atoms with E-state index in [0.717, 1.165) is 16.7 Å². The van der Waals surface area contributed by atoms with Crippen molar-refractivity contribution in [1.29, 1.82) is 0 Å². The summed E-state index contributed by atoms with van der Waals surface area (Å²) < 4.78 is 0. The van der Waals surface area contributed by atoms with Gasteiger partial charge in [0.15, 0.2) is 0 Å². The Balaban J connectivity index is 1.99. The average molecular weight is 411 g/mol. The second kappa shape index (κ2) is 10.6. The lowest BCUT2D eigenvalue weighted by Gasteiger charge is -2.14. The van der Waals surface area contributed by atoms with Gasteiger partial charge in [-0.3, -0.25) is 14.4 Å². The van der Waals surface area contributed by atoms with Gasteiger partial charge in [-0.1, -0.05) is 12.1 Å². The SMILES string of the molecule is Cc1cc(CCC(=O)O)c(C)c(NC(=O)CNC(=O)c2cccc(NC=NN)c2)c1. The predicted molar refractivity (Wildman–Crippen MR) is 116 cm³/mol. The molecular formula is C21H25N5O4. The maximum Gasteiger partial charge on any atom is 0.303 e. The molecule has 0 aliphatic rings. The van der Waals surface area contributed by atoms with Crippen LogP contribution < -0.4 is 21.8 Å². The lowest BCUT2D eigenvalue weighted by molar-refractivity contribution is -0.137. The maximum absolute atomic E-state index is 12.3. The minimum Gasteiger partial charge on any atom is -0.481 e. The number of carbonyl (C=O) groups is 3. The first-order chi connectivity index (χ1) is 14.3. The van der Waals surface area contributed by atoms with E-state index in [0.29, 0.717) is 23.4 Å². The molecule has 2 aromatic rings. The van der Waals surface area contributed by atoms with Crippen LogP contribution in [0.4, 0.5) is 11.4 Å². The molecule has 9 nitrogen and oxygen atoms in total. The number of carboxylic acids is 1. The van der Waals surface area contributed by atoms with E-state index in [1.54, 1.807) is 24.3 Å². The molecule has 0 spiro atoms. The summed E-state index contributed by atoms with van der Waals surface area (Å²) in [4.78, 5) is 35.5. The maximum atomic E-state index is 12.3. The molecule has 158 valence electrons. The Morgan fingerprint density at radius 2 is 1.93 bits per heavy atom. The standard InChI is InChI=1S/C21H25N5O4/c1-13-8-15(6-7-20(28)29)14(2)18(9-13)26-19(27)11-23-21(30)16-4-3-5-17(10-16)24-12-25-22/h3-5,8-10,12H,6-7,11,22H2,1-2H3,(H,23,30)(H,24,25)(H,26,27)(H,28,29). The van der Waals surface area contributed by atoms with Gasteiger partial charge in [-0.15, -0.1) is 0 Å². The summed E-state index contributed by atoms with van der Waals surface area (Å²) >= 11 is 0. The van der Waals surface area contributed by atoms with Gasteiger partial charge in [-0.05, 0) is 61.2 Å². The van der Waals surface area contributed by atoms with Gasteiger partial charge in [0.25, 0.3) is 5.91 Å². The summed E-state index contributed by atoms with van der Waals surface area (Å²) in [7, 11) is 0. The van der Waals surface area contributed by atoms with E-state index in [9.17, 15) is 14.4 Å². The van der Waals surface area contributed by atoms with Crippen LogP contribution in [0.15, 0.2) is 41.5 Å². The number of hydrazone groups is 1. The van der Waals surface area contributed by atoms with Crippen LogP contribution in [0.1, 0.15) is 33.5 Å². The fourth-order valence-corrected chi connectivity index (χ4v) is 2.88. The predicted octanol–water partition coefficient (Wildman–Crippen LogP) is 2.00. The minimum absolute atomic E-state index is 0.0127. The van der Waals surface area contributed by atoms with Crippen LogP contribution in [0.25, 0.3) is 0 Å². The number of amides is 2. The number of nitrogens with two attached hydrogens (primary N) is 1. The van der Waals surface area contributed by atoms with E-state index in [1.165, 1.54) is 6.34 Å². The quantitative estimate of drug-likeness (QED) is 0.185. The van der Waals surface area contributed by atoms with Crippen molar-refractivity contribution in [2.75, 3.05) is 17.2 Å². The van der Waals surface area contributed by atoms with Gasteiger partial charge < -0.3 is 26.9 Å². The van der Waals surface area contributed by atoms with Crippen LogP contribution in [0, 0.1) is 13.8 Å². The summed E-state index contributed by atoms with van der Waals surface area (Å²) in [5, 5.41) is 20.4. The Labute approximate surface area is 174 Å². The third-order valence-corrected chi connectivity index (χ3v) is 4.38. The summed E-state index contributed by atoms with van der Waals surface area (Å²) in [5.41, 5.74) is 4.18. The lowest BCUT2D eigenvalue weighted by Crippen LogP contribution is -2.33. The van der Waals surface area contributed by atoms with Crippen molar-refractivity contribution in [3.05, 3.63) is 58.7 Å². The lowest BCUT2D eigenvalue weighted by atomic mass is 9.99. The van der Waals surface area contributed by atoms with Crippen molar-refractivity contribution in [3.8, 4) is 0 Å². The van der Waals surface area contributed by atoms with E-state index in [-0.39, 0.29) is 18.9 Å². The molecule has 0 saturated heterocycles. The van der Waals surface area contributed by atoms with E-state index in [4.69, 9.17) is 10.9 Å². The van der Waals surface area contributed by atoms with E-state index in [1.807, 2.05) is 26.0 Å². The van der Waals surface area contributed by atoms with Crippen LogP contribution in [0.2, 0.25) is 0 Å². The van der Waals surface area contributed by atoms with Crippen LogP contribution in [-0.4, -0.2) is 35.8 Å². The highest BCUT2D eigenvalue weighted by Gasteiger charge is 2.12. The molecule has 6 N–H and O–H groups in total. The molecule has 0 saturated carbocycles. The Morgan fingerprint density at radius 1 is 1.17 bits per heavy atom. The molecule has 2 amide bonds. The zero-order valence-electron chi connectivity index (χ0n) is 16.9. The van der Waals surface area contributed by atoms with Crippen molar-refractivity contribution >= 4 is 35.5 Å². The second-order valence-electron chi connectivity index (χ2n) is 6.72. The highest BCUT2D eigenvalue weighted by Crippen LogP contribution is 2.23. The van der Waals surface area contributed by atoms with Crippen molar-refractivity contribution < 1.29 is 19.5 Å². The van der Waals surface area contributed by atoms with Gasteiger partial charge in [0.2, 0.25) is 5.91 Å². The molecule has 0 fully saturated rings. The van der Waals surface area contributed by atoms with Gasteiger partial charge in [0.05, 0.1) is 6.54 Å². The Hall–Kier alpha value is -3.88. The normalized spacial score (nSPS) is 10.6. The number of carbonyl (C=O) groups excluding carboxylic acids is 2. The smallest absolute Gasteiger partial charge is 0.303 e. The van der Waals surface area contributed by atoms with Gasteiger partial charge >= 0.3 is 5.97 Å². The van der Waals surface area contributed by atoms with Crippen LogP contribution in [0.5, 0.6) is 0 Å². The first kappa shape index (κ1) is 22.4. The molecule has 0 aromatic heterocycles. The number of hydrogen-bond acceptors (Lipinski definition) is 5. The van der Waals surface area contributed by atoms with Crippen molar-refractivity contribution in [2.24, 2.45) is 10.9 Å². The molecule has 0 aliphatic carbocycles. The Kier molecular flexibility index (Phi) is 7.92. The Bertz CT molecular complexity index is 972. The number of rotatable bonds is 9. The molecule has 2 rings (SSSR count). The van der Waals surface area contributed by atoms with Crippen LogP contribution in [0.3, 0.4) is 0 Å². The fourth-order valence-electron chi connectivity index (χ4n) is 2.88. The number of nitrogens with zero attached hydrogens (tertiary/aromatic N) is 1. The Morgan fingerprint density at radius 3 is 2.63 bits per heavy atom. The average Bonchev–Trinajstić information content (AvgIpc) is 2.71. The topological polar surface area (TPSA) is 146 Å². The number of carboxylic acid groups (broad SMARTS) is 1. The number of anilines is 2. The molecule has 0 radical (unpaired) electrons. The molecule has 0 unspecified atom stereocenters. The van der Waals surface area contributed by atoms with Crippen molar-refractivity contribution in [2.45, 2.75) is 26.7 Å². The van der Waals surface area contributed by atoms with Crippen LogP contribution >= 0.6 is 0 Å². The van der Waals surface area contributed by atoms with Gasteiger partial charge in [0, 0.05) is 23.4 Å². The van der Waals surface area contributed by atoms with Crippen molar-refractivity contribution in [1.82, 2.24) is 5.32 Å². The highest BCUT2D eigenvalue weighted by molar-refractivity contribution is 6.00. The third kappa shape index (κ3) is 6.62. The summed E-state index contributed by atoms with van der Waals surface area (Å²) in [6, 6.07) is 10.4. The van der Waals surface area contributed by atoms with Crippen molar-refractivity contribution in [3.63, 3.8) is 0 Å². The second-order valence-corrected chi connectivity index (χ2v) is 6.72. The zero-order valence-corrected chi connectivity index (χ0v) is 16.9. The molecule has 9 heteroatoms. The van der Waals surface area contributed by atoms with Gasteiger partial charge in [-0.25, -0.2) is 0 Å². The van der Waals surface area contributed by atoms with E-state index in [2.05, 4.69) is 21.1 Å². The van der Waals surface area contributed by atoms with Crippen LogP contribution in [-0.2, 0) is 16.0 Å². The molecule has 0 bridgehead atoms. The summed E-state index contributed by atoms with van der Waals surface area (Å²) in [6.45, 7) is 3.49. The number of aryl methyl sites for hydroxylation is 2. The molecule has 2 aromatic carbocycles. The zero-order chi connectivity index (χ0) is 22.1. The van der Waals surface area contributed by atoms with Gasteiger partial charge in [-0.2, -0.15) is 5.10 Å². The van der Waals surface area contributed by atoms with Gasteiger partial charge in [0.1, 0.15) is 6.34 Å². The first-order valence-corrected chi connectivity index (χ1v) is 9.28. The molecule has 0 aliphatic heterocycles. The molecule has 30 heavy (non-hydrogen) atoms. The molecular weight excluding hydrogens is 386 g/mol. The minimum atomic E-state index is -0.876. The van der Waals surface area contributed by atoms with E-state index >= 15 is 0 Å². The summed E-state index contributed by atoms with van der Waals surface area (Å²) in [6.07, 6.45) is 1.68. The number of nitrogens with one attached hydrogen (secondary N) is 3. The monoisotopic (exact) mass is 411 g/mol. The first-order valence-electron chi connectivity index (χ1n) is 9.28. The largest absolute Gasteiger partial charge is 0.481 e. The molecule has 0 heterocycles. The number of benzene rings is 2. The third-order valence-electron chi connectivity index (χ3n) is 4.38. The number of hydrogen-bond donors (Lipinski definition) is 5. The highest BCUT2D eigenvalue weighted by atomic mass is 16.4. The van der Waals surface area contributed by atoms with E-state index < -0.39 is 11.9 Å². The number of aliphatic carboxylic acids is 1. The fraction of sp³-hybridized carbons (Fsp3) is 0.238. The summed E-state index contributed by atoms with van der Waals surface area (Å²) in [5.74, 6) is 3.37. The molecule has 0 atom stereocenters.